The monoisotopic (exact) mass is 527 g/mol. The van der Waals surface area contributed by atoms with Gasteiger partial charge in [0.05, 0.1) is 11.7 Å². The fraction of sp³-hybridized carbons (Fsp3) is 0.448. The summed E-state index contributed by atoms with van der Waals surface area (Å²) in [5, 5.41) is 2.95. The lowest BCUT2D eigenvalue weighted by Crippen LogP contribution is -2.45. The van der Waals surface area contributed by atoms with Gasteiger partial charge in [-0.05, 0) is 89.5 Å². The van der Waals surface area contributed by atoms with E-state index < -0.39 is 11.6 Å². The minimum Gasteiger partial charge on any atom is -0.486 e. The highest BCUT2D eigenvalue weighted by molar-refractivity contribution is 6.17. The van der Waals surface area contributed by atoms with Crippen molar-refractivity contribution in [1.82, 2.24) is 4.90 Å². The van der Waals surface area contributed by atoms with E-state index in [2.05, 4.69) is 33.8 Å². The molecule has 1 unspecified atom stereocenters. The Balaban J connectivity index is 1.62. The van der Waals surface area contributed by atoms with E-state index in [4.69, 9.17) is 4.74 Å². The van der Waals surface area contributed by atoms with Crippen LogP contribution in [0, 0.1) is 11.6 Å². The molecule has 204 valence electrons. The van der Waals surface area contributed by atoms with Gasteiger partial charge in [-0.1, -0.05) is 12.6 Å². The SMILES string of the molecule is C=C(F)C(=NC(=NC)Nc1ccc(C2CCN(C)CC2)c(F)c1)c1cc(F)c2c(c1)N(C(C)C)C(C)CO2. The molecule has 1 fully saturated rings. The van der Waals surface area contributed by atoms with Crippen LogP contribution in [-0.2, 0) is 0 Å². The highest BCUT2D eigenvalue weighted by Gasteiger charge is 2.30. The molecule has 0 spiro atoms. The Hall–Kier alpha value is -3.33. The van der Waals surface area contributed by atoms with Crippen LogP contribution in [0.15, 0.2) is 52.7 Å². The van der Waals surface area contributed by atoms with Gasteiger partial charge in [0.25, 0.3) is 0 Å². The number of hydrogen-bond donors (Lipinski definition) is 1. The van der Waals surface area contributed by atoms with Crippen molar-refractivity contribution in [2.75, 3.05) is 44.0 Å². The zero-order valence-corrected chi connectivity index (χ0v) is 22.7. The molecule has 6 nitrogen and oxygen atoms in total. The number of benzene rings is 2. The number of allylic oxidation sites excluding steroid dienone is 1. The lowest BCUT2D eigenvalue weighted by Gasteiger charge is -2.40. The molecular weight excluding hydrogens is 491 g/mol. The number of likely N-dealkylation sites (tertiary alicyclic amines) is 1. The highest BCUT2D eigenvalue weighted by atomic mass is 19.1. The van der Waals surface area contributed by atoms with Crippen LogP contribution in [0.3, 0.4) is 0 Å². The number of halogens is 3. The zero-order valence-electron chi connectivity index (χ0n) is 22.7. The van der Waals surface area contributed by atoms with Crippen LogP contribution in [0.2, 0.25) is 0 Å². The van der Waals surface area contributed by atoms with Gasteiger partial charge < -0.3 is 19.9 Å². The molecule has 0 aromatic heterocycles. The van der Waals surface area contributed by atoms with E-state index in [-0.39, 0.29) is 46.8 Å². The van der Waals surface area contributed by atoms with E-state index in [1.807, 2.05) is 25.7 Å². The standard InChI is InChI=1S/C29H36F3N5O/c1-17(2)37-18(3)16-38-28-25(32)13-21(14-26(28)37)27(19(4)30)35-29(33-5)34-22-7-8-23(24(31)15-22)20-9-11-36(6)12-10-20/h7-8,13-15,17-18,20H,4,9-12,16H2,1-3,5-6H3,(H,33,34). The second-order valence-corrected chi connectivity index (χ2v) is 10.3. The first kappa shape index (κ1) is 27.7. The van der Waals surface area contributed by atoms with Crippen molar-refractivity contribution >= 4 is 23.0 Å². The number of piperidine rings is 1. The molecular formula is C29H36F3N5O. The third-order valence-corrected chi connectivity index (χ3v) is 7.18. The van der Waals surface area contributed by atoms with Crippen LogP contribution in [0.1, 0.15) is 50.7 Å². The topological polar surface area (TPSA) is 52.5 Å². The molecule has 0 saturated carbocycles. The summed E-state index contributed by atoms with van der Waals surface area (Å²) < 4.78 is 50.5. The summed E-state index contributed by atoms with van der Waals surface area (Å²) in [5.41, 5.74) is 1.67. The molecule has 1 saturated heterocycles. The van der Waals surface area contributed by atoms with Crippen molar-refractivity contribution in [3.05, 3.63) is 65.5 Å². The number of guanidine groups is 1. The molecule has 0 radical (unpaired) electrons. The van der Waals surface area contributed by atoms with Gasteiger partial charge in [0.2, 0.25) is 5.96 Å². The quantitative estimate of drug-likeness (QED) is 0.375. The van der Waals surface area contributed by atoms with E-state index >= 15 is 8.78 Å². The zero-order chi connectivity index (χ0) is 27.6. The summed E-state index contributed by atoms with van der Waals surface area (Å²) in [4.78, 5) is 12.7. The summed E-state index contributed by atoms with van der Waals surface area (Å²) in [7, 11) is 3.55. The van der Waals surface area contributed by atoms with Gasteiger partial charge in [-0.3, -0.25) is 4.99 Å². The third-order valence-electron chi connectivity index (χ3n) is 7.18. The Bertz CT molecular complexity index is 1250. The van der Waals surface area contributed by atoms with Gasteiger partial charge in [-0.25, -0.2) is 18.2 Å². The lowest BCUT2D eigenvalue weighted by molar-refractivity contribution is 0.252. The number of nitrogens with one attached hydrogen (secondary N) is 1. The van der Waals surface area contributed by atoms with E-state index in [1.165, 1.54) is 19.2 Å². The van der Waals surface area contributed by atoms with Gasteiger partial charge in [0.1, 0.15) is 24.0 Å². The number of ether oxygens (including phenoxy) is 1. The fourth-order valence-electron chi connectivity index (χ4n) is 5.27. The fourth-order valence-corrected chi connectivity index (χ4v) is 5.27. The lowest BCUT2D eigenvalue weighted by atomic mass is 9.89. The van der Waals surface area contributed by atoms with Crippen LogP contribution in [-0.4, -0.2) is 62.4 Å². The summed E-state index contributed by atoms with van der Waals surface area (Å²) in [6.45, 7) is 11.6. The molecule has 2 aromatic carbocycles. The van der Waals surface area contributed by atoms with E-state index in [0.717, 1.165) is 25.9 Å². The molecule has 2 heterocycles. The smallest absolute Gasteiger partial charge is 0.222 e. The van der Waals surface area contributed by atoms with E-state index in [0.29, 0.717) is 23.5 Å². The highest BCUT2D eigenvalue weighted by Crippen LogP contribution is 2.39. The number of anilines is 2. The number of nitrogens with zero attached hydrogens (tertiary/aromatic N) is 4. The summed E-state index contributed by atoms with van der Waals surface area (Å²) in [6.07, 6.45) is 1.81. The number of rotatable bonds is 5. The Morgan fingerprint density at radius 3 is 2.45 bits per heavy atom. The minimum atomic E-state index is -0.850. The molecule has 0 bridgehead atoms. The maximum atomic E-state index is 15.1. The van der Waals surface area contributed by atoms with Gasteiger partial charge >= 0.3 is 0 Å². The Morgan fingerprint density at radius 1 is 1.13 bits per heavy atom. The van der Waals surface area contributed by atoms with Crippen LogP contribution >= 0.6 is 0 Å². The Labute approximate surface area is 222 Å². The Morgan fingerprint density at radius 2 is 1.84 bits per heavy atom. The normalized spacial score (nSPS) is 19.4. The molecule has 4 rings (SSSR count). The second kappa shape index (κ2) is 11.6. The predicted octanol–water partition coefficient (Wildman–Crippen LogP) is 6.14. The van der Waals surface area contributed by atoms with Crippen molar-refractivity contribution in [2.45, 2.75) is 51.6 Å². The van der Waals surface area contributed by atoms with E-state index in [9.17, 15) is 4.39 Å². The number of aliphatic imine (C=N–C) groups is 2. The van der Waals surface area contributed by atoms with Crippen LogP contribution < -0.4 is 15.0 Å². The maximum Gasteiger partial charge on any atom is 0.222 e. The summed E-state index contributed by atoms with van der Waals surface area (Å²) >= 11 is 0. The Kier molecular flexibility index (Phi) is 8.45. The van der Waals surface area contributed by atoms with Gasteiger partial charge in [0, 0.05) is 24.3 Å². The van der Waals surface area contributed by atoms with Crippen molar-refractivity contribution in [3.8, 4) is 5.75 Å². The maximum absolute atomic E-state index is 15.1. The first-order chi connectivity index (χ1) is 18.1. The molecule has 38 heavy (non-hydrogen) atoms. The molecule has 0 amide bonds. The van der Waals surface area contributed by atoms with Crippen LogP contribution in [0.4, 0.5) is 24.5 Å². The molecule has 9 heteroatoms. The average Bonchev–Trinajstić information content (AvgIpc) is 2.86. The largest absolute Gasteiger partial charge is 0.486 e. The first-order valence-corrected chi connectivity index (χ1v) is 13.0. The summed E-state index contributed by atoms with van der Waals surface area (Å²) in [6, 6.07) is 7.85. The molecule has 1 atom stereocenters. The first-order valence-electron chi connectivity index (χ1n) is 13.0. The van der Waals surface area contributed by atoms with Gasteiger partial charge in [-0.2, -0.15) is 0 Å². The summed E-state index contributed by atoms with van der Waals surface area (Å²) in [5.74, 6) is -1.43. The number of fused-ring (bicyclic) bond motifs is 1. The van der Waals surface area contributed by atoms with Crippen molar-refractivity contribution < 1.29 is 17.9 Å². The third kappa shape index (κ3) is 5.88. The van der Waals surface area contributed by atoms with Crippen molar-refractivity contribution in [3.63, 3.8) is 0 Å². The van der Waals surface area contributed by atoms with Crippen LogP contribution in [0.25, 0.3) is 0 Å². The van der Waals surface area contributed by atoms with Crippen molar-refractivity contribution in [2.24, 2.45) is 9.98 Å². The molecule has 2 aliphatic rings. The number of hydrogen-bond acceptors (Lipinski definition) is 4. The van der Waals surface area contributed by atoms with Gasteiger partial charge in [-0.15, -0.1) is 0 Å². The minimum absolute atomic E-state index is 0.00735. The second-order valence-electron chi connectivity index (χ2n) is 10.3. The van der Waals surface area contributed by atoms with Gasteiger partial charge in [0.15, 0.2) is 11.6 Å². The average molecular weight is 528 g/mol. The molecule has 2 aliphatic heterocycles. The molecule has 0 aliphatic carbocycles. The molecule has 1 N–H and O–H groups in total. The van der Waals surface area contributed by atoms with Crippen molar-refractivity contribution in [1.29, 1.82) is 0 Å². The van der Waals surface area contributed by atoms with Crippen LogP contribution in [0.5, 0.6) is 5.75 Å². The van der Waals surface area contributed by atoms with E-state index in [1.54, 1.807) is 18.2 Å². The molecule has 2 aromatic rings. The predicted molar refractivity (Wildman–Crippen MR) is 149 cm³/mol.